The van der Waals surface area contributed by atoms with Crippen LogP contribution in [0.15, 0.2) is 0 Å². The van der Waals surface area contributed by atoms with E-state index in [1.54, 1.807) is 0 Å². The summed E-state index contributed by atoms with van der Waals surface area (Å²) >= 11 is 0. The van der Waals surface area contributed by atoms with E-state index in [0.717, 1.165) is 12.8 Å². The van der Waals surface area contributed by atoms with E-state index in [2.05, 4.69) is 4.74 Å². The second-order valence-corrected chi connectivity index (χ2v) is 2.05. The monoisotopic (exact) mass is 118 g/mol. The lowest BCUT2D eigenvalue weighted by atomic mass is 10.2. The molecule has 1 aliphatic heterocycles. The number of ether oxygens (including phenoxy) is 1. The van der Waals surface area contributed by atoms with Gasteiger partial charge in [-0.05, 0) is 6.42 Å². The first kappa shape index (κ1) is 6.01. The minimum atomic E-state index is -1.78. The molecule has 0 radical (unpaired) electrons. The topological polar surface area (TPSA) is 53.0 Å². The van der Waals surface area contributed by atoms with Crippen molar-refractivity contribution in [2.45, 2.75) is 31.8 Å². The first-order chi connectivity index (χ1) is 3.67. The van der Waals surface area contributed by atoms with Crippen molar-refractivity contribution in [2.24, 2.45) is 0 Å². The van der Waals surface area contributed by atoms with E-state index in [1.807, 2.05) is 6.92 Å². The second-order valence-electron chi connectivity index (χ2n) is 2.05. The average molecular weight is 118 g/mol. The van der Waals surface area contributed by atoms with Crippen LogP contribution in [0.4, 0.5) is 0 Å². The Hall–Kier alpha value is -0.120. The Balaban J connectivity index is 2.17. The highest BCUT2D eigenvalue weighted by molar-refractivity contribution is 4.81. The standard InChI is InChI=1S/C5H10O3/c1-2-3-4-5(6,7)8-4/h4,6-7H,2-3H2,1H3. The van der Waals surface area contributed by atoms with Crippen molar-refractivity contribution in [3.8, 4) is 0 Å². The third-order valence-electron chi connectivity index (χ3n) is 1.23. The zero-order valence-corrected chi connectivity index (χ0v) is 4.79. The highest BCUT2D eigenvalue weighted by atomic mass is 16.9. The summed E-state index contributed by atoms with van der Waals surface area (Å²) in [6.45, 7) is 1.97. The van der Waals surface area contributed by atoms with Crippen LogP contribution in [0.5, 0.6) is 0 Å². The largest absolute Gasteiger partial charge is 0.341 e. The van der Waals surface area contributed by atoms with Crippen molar-refractivity contribution in [1.82, 2.24) is 0 Å². The minimum absolute atomic E-state index is 0.326. The van der Waals surface area contributed by atoms with Gasteiger partial charge in [-0.15, -0.1) is 0 Å². The molecule has 8 heavy (non-hydrogen) atoms. The first-order valence-electron chi connectivity index (χ1n) is 2.79. The van der Waals surface area contributed by atoms with Gasteiger partial charge >= 0.3 is 5.97 Å². The summed E-state index contributed by atoms with van der Waals surface area (Å²) in [6, 6.07) is 0. The molecular formula is C5H10O3. The van der Waals surface area contributed by atoms with Crippen LogP contribution in [0.25, 0.3) is 0 Å². The molecule has 48 valence electrons. The Morgan fingerprint density at radius 1 is 1.62 bits per heavy atom. The average Bonchev–Trinajstić information content (AvgIpc) is 2.15. The molecule has 1 heterocycles. The lowest BCUT2D eigenvalue weighted by Crippen LogP contribution is -2.11. The fourth-order valence-electron chi connectivity index (χ4n) is 0.684. The number of hydrogen-bond donors (Lipinski definition) is 2. The zero-order chi connectivity index (χ0) is 6.20. The fraction of sp³-hybridized carbons (Fsp3) is 1.00. The highest BCUT2D eigenvalue weighted by Crippen LogP contribution is 2.33. The molecule has 1 atom stereocenters. The molecule has 0 amide bonds. The summed E-state index contributed by atoms with van der Waals surface area (Å²) in [5.41, 5.74) is 0. The van der Waals surface area contributed by atoms with E-state index in [4.69, 9.17) is 10.2 Å². The van der Waals surface area contributed by atoms with E-state index >= 15 is 0 Å². The van der Waals surface area contributed by atoms with Crippen molar-refractivity contribution in [3.05, 3.63) is 0 Å². The summed E-state index contributed by atoms with van der Waals surface area (Å²) in [7, 11) is 0. The van der Waals surface area contributed by atoms with Crippen LogP contribution in [-0.4, -0.2) is 22.3 Å². The highest BCUT2D eigenvalue weighted by Gasteiger charge is 2.53. The normalized spacial score (nSPS) is 32.6. The number of aliphatic hydroxyl groups is 2. The van der Waals surface area contributed by atoms with Crippen LogP contribution in [0, 0.1) is 0 Å². The molecule has 0 aromatic rings. The zero-order valence-electron chi connectivity index (χ0n) is 4.79. The molecule has 1 fully saturated rings. The van der Waals surface area contributed by atoms with Crippen LogP contribution in [0.2, 0.25) is 0 Å². The van der Waals surface area contributed by atoms with Crippen molar-refractivity contribution in [1.29, 1.82) is 0 Å². The van der Waals surface area contributed by atoms with Gasteiger partial charge in [-0.25, -0.2) is 0 Å². The number of rotatable bonds is 2. The number of hydrogen-bond acceptors (Lipinski definition) is 3. The summed E-state index contributed by atoms with van der Waals surface area (Å²) < 4.78 is 4.46. The quantitative estimate of drug-likeness (QED) is 0.391. The van der Waals surface area contributed by atoms with E-state index in [-0.39, 0.29) is 6.10 Å². The molecule has 0 bridgehead atoms. The van der Waals surface area contributed by atoms with E-state index < -0.39 is 5.97 Å². The van der Waals surface area contributed by atoms with Crippen LogP contribution in [-0.2, 0) is 4.74 Å². The predicted octanol–water partition coefficient (Wildman–Crippen LogP) is -0.176. The molecule has 1 saturated heterocycles. The van der Waals surface area contributed by atoms with Gasteiger partial charge in [-0.1, -0.05) is 13.3 Å². The minimum Gasteiger partial charge on any atom is -0.341 e. The molecule has 2 N–H and O–H groups in total. The second kappa shape index (κ2) is 1.69. The molecule has 1 rings (SSSR count). The molecule has 3 heteroatoms. The van der Waals surface area contributed by atoms with Crippen molar-refractivity contribution >= 4 is 0 Å². The van der Waals surface area contributed by atoms with Crippen molar-refractivity contribution < 1.29 is 14.9 Å². The smallest absolute Gasteiger partial charge is 0.306 e. The van der Waals surface area contributed by atoms with Crippen LogP contribution >= 0.6 is 0 Å². The van der Waals surface area contributed by atoms with E-state index in [9.17, 15) is 0 Å². The maximum atomic E-state index is 8.56. The van der Waals surface area contributed by atoms with Gasteiger partial charge in [0.25, 0.3) is 0 Å². The van der Waals surface area contributed by atoms with E-state index in [0.29, 0.717) is 0 Å². The van der Waals surface area contributed by atoms with Gasteiger partial charge in [0.05, 0.1) is 0 Å². The van der Waals surface area contributed by atoms with Gasteiger partial charge in [-0.3, -0.25) is 0 Å². The fourth-order valence-corrected chi connectivity index (χ4v) is 0.684. The van der Waals surface area contributed by atoms with Crippen molar-refractivity contribution in [2.75, 3.05) is 0 Å². The summed E-state index contributed by atoms with van der Waals surface area (Å²) in [5.74, 6) is -1.78. The SMILES string of the molecule is CCCC1OC1(O)O. The molecule has 3 nitrogen and oxygen atoms in total. The lowest BCUT2D eigenvalue weighted by Gasteiger charge is -1.89. The molecule has 1 aliphatic rings. The summed E-state index contributed by atoms with van der Waals surface area (Å²) in [5, 5.41) is 17.1. The van der Waals surface area contributed by atoms with Crippen LogP contribution in [0.3, 0.4) is 0 Å². The van der Waals surface area contributed by atoms with Gasteiger partial charge in [0.15, 0.2) is 0 Å². The van der Waals surface area contributed by atoms with Gasteiger partial charge in [-0.2, -0.15) is 0 Å². The molecule has 0 aromatic heterocycles. The Morgan fingerprint density at radius 2 is 2.12 bits per heavy atom. The molecular weight excluding hydrogens is 108 g/mol. The van der Waals surface area contributed by atoms with Crippen LogP contribution in [0.1, 0.15) is 19.8 Å². The Morgan fingerprint density at radius 3 is 2.25 bits per heavy atom. The van der Waals surface area contributed by atoms with E-state index in [1.165, 1.54) is 0 Å². The maximum Gasteiger partial charge on any atom is 0.306 e. The summed E-state index contributed by atoms with van der Waals surface area (Å²) in [4.78, 5) is 0. The lowest BCUT2D eigenvalue weighted by molar-refractivity contribution is -0.150. The third kappa shape index (κ3) is 0.992. The van der Waals surface area contributed by atoms with Gasteiger partial charge < -0.3 is 14.9 Å². The third-order valence-corrected chi connectivity index (χ3v) is 1.23. The predicted molar refractivity (Wildman–Crippen MR) is 26.9 cm³/mol. The van der Waals surface area contributed by atoms with Gasteiger partial charge in [0.2, 0.25) is 0 Å². The summed E-state index contributed by atoms with van der Waals surface area (Å²) in [6.07, 6.45) is 1.33. The molecule has 0 spiro atoms. The van der Waals surface area contributed by atoms with Gasteiger partial charge in [0.1, 0.15) is 6.10 Å². The van der Waals surface area contributed by atoms with Crippen LogP contribution < -0.4 is 0 Å². The maximum absolute atomic E-state index is 8.56. The van der Waals surface area contributed by atoms with Gasteiger partial charge in [0, 0.05) is 0 Å². The molecule has 0 aromatic carbocycles. The molecule has 1 unspecified atom stereocenters. The Bertz CT molecular complexity index is 89.7. The molecule has 0 saturated carbocycles. The Kier molecular flexibility index (Phi) is 1.27. The number of epoxide rings is 1. The Labute approximate surface area is 47.9 Å². The van der Waals surface area contributed by atoms with Crippen molar-refractivity contribution in [3.63, 3.8) is 0 Å². The molecule has 0 aliphatic carbocycles. The first-order valence-corrected chi connectivity index (χ1v) is 2.79.